The normalized spacial score (nSPS) is 10.2. The SMILES string of the molecule is CCc1nnc(NC(=O)CNc2ccc(F)cc2)s1. The zero-order chi connectivity index (χ0) is 13.7. The summed E-state index contributed by atoms with van der Waals surface area (Å²) in [4.78, 5) is 11.6. The molecule has 0 unspecified atom stereocenters. The fraction of sp³-hybridized carbons (Fsp3) is 0.250. The number of amides is 1. The predicted molar refractivity (Wildman–Crippen MR) is 72.8 cm³/mol. The molecule has 0 fully saturated rings. The number of halogens is 1. The van der Waals surface area contributed by atoms with Crippen molar-refractivity contribution >= 4 is 28.1 Å². The molecule has 0 bridgehead atoms. The number of benzene rings is 1. The topological polar surface area (TPSA) is 66.9 Å². The molecule has 19 heavy (non-hydrogen) atoms. The molecule has 0 atom stereocenters. The van der Waals surface area contributed by atoms with Crippen LogP contribution in [0.1, 0.15) is 11.9 Å². The van der Waals surface area contributed by atoms with Crippen molar-refractivity contribution in [1.29, 1.82) is 0 Å². The van der Waals surface area contributed by atoms with Gasteiger partial charge in [-0.15, -0.1) is 10.2 Å². The first-order chi connectivity index (χ1) is 9.17. The summed E-state index contributed by atoms with van der Waals surface area (Å²) in [5, 5.41) is 14.7. The Balaban J connectivity index is 1.82. The average Bonchev–Trinajstić information content (AvgIpc) is 2.86. The van der Waals surface area contributed by atoms with Gasteiger partial charge in [0, 0.05) is 5.69 Å². The third-order valence-electron chi connectivity index (χ3n) is 2.31. The number of rotatable bonds is 5. The minimum Gasteiger partial charge on any atom is -0.376 e. The average molecular weight is 280 g/mol. The Morgan fingerprint density at radius 2 is 2.05 bits per heavy atom. The van der Waals surface area contributed by atoms with E-state index in [0.29, 0.717) is 10.8 Å². The van der Waals surface area contributed by atoms with Crippen molar-refractivity contribution in [2.24, 2.45) is 0 Å². The zero-order valence-corrected chi connectivity index (χ0v) is 11.1. The number of aromatic nitrogens is 2. The van der Waals surface area contributed by atoms with E-state index >= 15 is 0 Å². The smallest absolute Gasteiger partial charge is 0.245 e. The first-order valence-electron chi connectivity index (χ1n) is 5.79. The van der Waals surface area contributed by atoms with Crippen molar-refractivity contribution in [1.82, 2.24) is 10.2 Å². The Kier molecular flexibility index (Phi) is 4.40. The van der Waals surface area contributed by atoms with Crippen LogP contribution in [0.4, 0.5) is 15.2 Å². The van der Waals surface area contributed by atoms with E-state index in [0.717, 1.165) is 11.4 Å². The van der Waals surface area contributed by atoms with Crippen molar-refractivity contribution in [3.8, 4) is 0 Å². The van der Waals surface area contributed by atoms with E-state index in [1.165, 1.54) is 23.5 Å². The highest BCUT2D eigenvalue weighted by molar-refractivity contribution is 7.15. The molecule has 1 amide bonds. The van der Waals surface area contributed by atoms with Crippen LogP contribution in [0.5, 0.6) is 0 Å². The summed E-state index contributed by atoms with van der Waals surface area (Å²) in [6.07, 6.45) is 0.793. The molecule has 2 rings (SSSR count). The van der Waals surface area contributed by atoms with Gasteiger partial charge < -0.3 is 5.32 Å². The lowest BCUT2D eigenvalue weighted by atomic mass is 10.3. The number of carbonyl (C=O) groups excluding carboxylic acids is 1. The maximum absolute atomic E-state index is 12.7. The van der Waals surface area contributed by atoms with Gasteiger partial charge in [0.05, 0.1) is 6.54 Å². The highest BCUT2D eigenvalue weighted by Gasteiger charge is 2.07. The van der Waals surface area contributed by atoms with Gasteiger partial charge in [-0.1, -0.05) is 18.3 Å². The van der Waals surface area contributed by atoms with Crippen LogP contribution in [0.15, 0.2) is 24.3 Å². The fourth-order valence-corrected chi connectivity index (χ4v) is 2.06. The van der Waals surface area contributed by atoms with Gasteiger partial charge in [-0.3, -0.25) is 10.1 Å². The molecule has 1 heterocycles. The predicted octanol–water partition coefficient (Wildman–Crippen LogP) is 2.29. The summed E-state index contributed by atoms with van der Waals surface area (Å²) in [5.74, 6) is -0.529. The molecule has 5 nitrogen and oxygen atoms in total. The number of nitrogens with zero attached hydrogens (tertiary/aromatic N) is 2. The summed E-state index contributed by atoms with van der Waals surface area (Å²) in [5.41, 5.74) is 0.683. The van der Waals surface area contributed by atoms with Gasteiger partial charge in [0.2, 0.25) is 11.0 Å². The third-order valence-corrected chi connectivity index (χ3v) is 3.30. The summed E-state index contributed by atoms with van der Waals surface area (Å²) in [6.45, 7) is 2.06. The zero-order valence-electron chi connectivity index (χ0n) is 10.3. The lowest BCUT2D eigenvalue weighted by Crippen LogP contribution is -2.21. The number of hydrogen-bond donors (Lipinski definition) is 2. The molecule has 0 aliphatic carbocycles. The molecule has 0 saturated heterocycles. The number of carbonyl (C=O) groups is 1. The first kappa shape index (κ1) is 13.4. The van der Waals surface area contributed by atoms with Crippen LogP contribution < -0.4 is 10.6 Å². The van der Waals surface area contributed by atoms with Gasteiger partial charge in [-0.2, -0.15) is 0 Å². The molecule has 1 aromatic carbocycles. The second-order valence-electron chi connectivity index (χ2n) is 3.76. The van der Waals surface area contributed by atoms with Crippen LogP contribution >= 0.6 is 11.3 Å². The molecular formula is C12H13FN4OS. The second kappa shape index (κ2) is 6.24. The van der Waals surface area contributed by atoms with E-state index in [1.54, 1.807) is 12.1 Å². The van der Waals surface area contributed by atoms with Crippen LogP contribution in [0.2, 0.25) is 0 Å². The Hall–Kier alpha value is -2.02. The third kappa shape index (κ3) is 3.99. The van der Waals surface area contributed by atoms with E-state index in [-0.39, 0.29) is 18.3 Å². The minimum atomic E-state index is -0.309. The molecule has 0 spiro atoms. The Morgan fingerprint density at radius 1 is 1.32 bits per heavy atom. The van der Waals surface area contributed by atoms with Gasteiger partial charge in [-0.25, -0.2) is 4.39 Å². The van der Waals surface area contributed by atoms with Crippen molar-refractivity contribution in [2.45, 2.75) is 13.3 Å². The molecule has 2 aromatic rings. The number of anilines is 2. The van der Waals surface area contributed by atoms with Gasteiger partial charge in [0.15, 0.2) is 0 Å². The van der Waals surface area contributed by atoms with Crippen LogP contribution in [-0.2, 0) is 11.2 Å². The second-order valence-corrected chi connectivity index (χ2v) is 4.83. The van der Waals surface area contributed by atoms with Crippen molar-refractivity contribution in [3.63, 3.8) is 0 Å². The van der Waals surface area contributed by atoms with E-state index in [4.69, 9.17) is 0 Å². The Bertz CT molecular complexity index is 555. The quantitative estimate of drug-likeness (QED) is 0.882. The Labute approximate surface area is 113 Å². The summed E-state index contributed by atoms with van der Waals surface area (Å²) in [6, 6.07) is 5.81. The number of hydrogen-bond acceptors (Lipinski definition) is 5. The number of nitrogens with one attached hydrogen (secondary N) is 2. The van der Waals surface area contributed by atoms with Gasteiger partial charge >= 0.3 is 0 Å². The molecule has 0 aliphatic rings. The molecule has 0 aliphatic heterocycles. The molecule has 0 radical (unpaired) electrons. The molecule has 2 N–H and O–H groups in total. The summed E-state index contributed by atoms with van der Waals surface area (Å²) >= 11 is 1.35. The highest BCUT2D eigenvalue weighted by atomic mass is 32.1. The minimum absolute atomic E-state index is 0.0900. The van der Waals surface area contributed by atoms with Crippen LogP contribution in [0.3, 0.4) is 0 Å². The molecular weight excluding hydrogens is 267 g/mol. The van der Waals surface area contributed by atoms with Crippen LogP contribution in [0, 0.1) is 5.82 Å². The van der Waals surface area contributed by atoms with E-state index in [9.17, 15) is 9.18 Å². The lowest BCUT2D eigenvalue weighted by Gasteiger charge is -2.05. The molecule has 7 heteroatoms. The largest absolute Gasteiger partial charge is 0.376 e. The van der Waals surface area contributed by atoms with E-state index < -0.39 is 0 Å². The standard InChI is InChI=1S/C12H13FN4OS/c1-2-11-16-17-12(19-11)15-10(18)7-14-9-5-3-8(13)4-6-9/h3-6,14H,2,7H2,1H3,(H,15,17,18). The van der Waals surface area contributed by atoms with Gasteiger partial charge in [0.25, 0.3) is 0 Å². The van der Waals surface area contributed by atoms with E-state index in [1.807, 2.05) is 6.92 Å². The first-order valence-corrected chi connectivity index (χ1v) is 6.60. The lowest BCUT2D eigenvalue weighted by molar-refractivity contribution is -0.114. The maximum atomic E-state index is 12.7. The monoisotopic (exact) mass is 280 g/mol. The fourth-order valence-electron chi connectivity index (χ4n) is 1.36. The van der Waals surface area contributed by atoms with Crippen molar-refractivity contribution in [3.05, 3.63) is 35.1 Å². The summed E-state index contributed by atoms with van der Waals surface area (Å²) < 4.78 is 12.7. The molecule has 1 aromatic heterocycles. The van der Waals surface area contributed by atoms with Crippen LogP contribution in [0.25, 0.3) is 0 Å². The van der Waals surface area contributed by atoms with Gasteiger partial charge in [-0.05, 0) is 30.7 Å². The van der Waals surface area contributed by atoms with E-state index in [2.05, 4.69) is 20.8 Å². The molecule has 0 saturated carbocycles. The number of aryl methyl sites for hydroxylation is 1. The molecule has 100 valence electrons. The summed E-state index contributed by atoms with van der Waals surface area (Å²) in [7, 11) is 0. The Morgan fingerprint density at radius 3 is 2.68 bits per heavy atom. The van der Waals surface area contributed by atoms with Gasteiger partial charge in [0.1, 0.15) is 10.8 Å². The van der Waals surface area contributed by atoms with Crippen molar-refractivity contribution < 1.29 is 9.18 Å². The van der Waals surface area contributed by atoms with Crippen LogP contribution in [-0.4, -0.2) is 22.6 Å². The highest BCUT2D eigenvalue weighted by Crippen LogP contribution is 2.15. The maximum Gasteiger partial charge on any atom is 0.245 e. The van der Waals surface area contributed by atoms with Crippen molar-refractivity contribution in [2.75, 3.05) is 17.2 Å².